The van der Waals surface area contributed by atoms with E-state index in [9.17, 15) is 4.79 Å². The van der Waals surface area contributed by atoms with Crippen molar-refractivity contribution in [2.24, 2.45) is 5.41 Å². The van der Waals surface area contributed by atoms with Crippen molar-refractivity contribution < 1.29 is 4.79 Å². The van der Waals surface area contributed by atoms with Gasteiger partial charge in [0.25, 0.3) is 0 Å². The lowest BCUT2D eigenvalue weighted by atomic mass is 9.85. The first kappa shape index (κ1) is 11.0. The third-order valence-corrected chi connectivity index (χ3v) is 4.17. The minimum absolute atomic E-state index is 0.140. The number of carbonyl (C=O) groups is 1. The van der Waals surface area contributed by atoms with Crippen molar-refractivity contribution >= 4 is 33.3 Å². The van der Waals surface area contributed by atoms with Crippen molar-refractivity contribution in [2.75, 3.05) is 17.2 Å². The van der Waals surface area contributed by atoms with E-state index in [2.05, 4.69) is 31.5 Å². The van der Waals surface area contributed by atoms with E-state index in [1.807, 2.05) is 6.07 Å². The molecule has 4 nitrogen and oxygen atoms in total. The second-order valence-electron chi connectivity index (χ2n) is 4.84. The van der Waals surface area contributed by atoms with Crippen LogP contribution in [0.25, 0.3) is 0 Å². The Hall–Kier alpha value is -1.10. The van der Waals surface area contributed by atoms with Crippen LogP contribution in [-0.4, -0.2) is 17.4 Å². The number of carbonyl (C=O) groups excluding carboxylic acids is 1. The standard InChI is InChI=1S/C12H14BrN3O/c13-8-5-9-10(14-6-8)15-7-12(11(17)16-9)3-1-2-4-12/h5-6H,1-4,7H2,(H,14,15)(H,16,17). The van der Waals surface area contributed by atoms with Gasteiger partial charge in [0, 0.05) is 17.2 Å². The average molecular weight is 296 g/mol. The van der Waals surface area contributed by atoms with Gasteiger partial charge in [0.2, 0.25) is 5.91 Å². The summed E-state index contributed by atoms with van der Waals surface area (Å²) in [6, 6.07) is 1.89. The van der Waals surface area contributed by atoms with Gasteiger partial charge in [-0.25, -0.2) is 4.98 Å². The van der Waals surface area contributed by atoms with Gasteiger partial charge in [-0.2, -0.15) is 0 Å². The summed E-state index contributed by atoms with van der Waals surface area (Å²) in [6.45, 7) is 0.695. The molecule has 0 aromatic carbocycles. The van der Waals surface area contributed by atoms with Crippen LogP contribution in [0.4, 0.5) is 11.5 Å². The molecule has 3 rings (SSSR count). The Kier molecular flexibility index (Phi) is 2.58. The maximum atomic E-state index is 12.3. The summed E-state index contributed by atoms with van der Waals surface area (Å²) in [5, 5.41) is 6.30. The van der Waals surface area contributed by atoms with Gasteiger partial charge < -0.3 is 10.6 Å². The molecule has 0 atom stereocenters. The highest BCUT2D eigenvalue weighted by Gasteiger charge is 2.42. The Morgan fingerprint density at radius 3 is 2.88 bits per heavy atom. The number of pyridine rings is 1. The molecule has 1 aliphatic heterocycles. The number of amides is 1. The Morgan fingerprint density at radius 2 is 2.12 bits per heavy atom. The zero-order valence-corrected chi connectivity index (χ0v) is 11.0. The topological polar surface area (TPSA) is 54.0 Å². The van der Waals surface area contributed by atoms with Crippen LogP contribution < -0.4 is 10.6 Å². The van der Waals surface area contributed by atoms with Gasteiger partial charge in [0.1, 0.15) is 5.82 Å². The molecule has 90 valence electrons. The minimum Gasteiger partial charge on any atom is -0.367 e. The molecule has 1 spiro atoms. The Labute approximate surface area is 108 Å². The van der Waals surface area contributed by atoms with E-state index in [1.54, 1.807) is 6.20 Å². The van der Waals surface area contributed by atoms with Crippen LogP contribution in [0.5, 0.6) is 0 Å². The summed E-state index contributed by atoms with van der Waals surface area (Å²) in [4.78, 5) is 16.6. The van der Waals surface area contributed by atoms with Crippen LogP contribution >= 0.6 is 15.9 Å². The quantitative estimate of drug-likeness (QED) is 0.774. The van der Waals surface area contributed by atoms with Crippen molar-refractivity contribution in [2.45, 2.75) is 25.7 Å². The number of anilines is 2. The number of nitrogens with one attached hydrogen (secondary N) is 2. The molecule has 1 fully saturated rings. The van der Waals surface area contributed by atoms with E-state index in [-0.39, 0.29) is 11.3 Å². The zero-order valence-electron chi connectivity index (χ0n) is 9.42. The number of hydrogen-bond donors (Lipinski definition) is 2. The third-order valence-electron chi connectivity index (χ3n) is 3.74. The maximum absolute atomic E-state index is 12.3. The molecule has 0 unspecified atom stereocenters. The van der Waals surface area contributed by atoms with Crippen molar-refractivity contribution in [3.8, 4) is 0 Å². The summed E-state index contributed by atoms with van der Waals surface area (Å²) in [7, 11) is 0. The summed E-state index contributed by atoms with van der Waals surface area (Å²) in [5.74, 6) is 0.909. The second kappa shape index (κ2) is 3.98. The molecule has 5 heteroatoms. The van der Waals surface area contributed by atoms with Crippen LogP contribution in [0.2, 0.25) is 0 Å². The molecule has 1 aliphatic carbocycles. The lowest BCUT2D eigenvalue weighted by molar-refractivity contribution is -0.124. The Morgan fingerprint density at radius 1 is 1.35 bits per heavy atom. The molecule has 1 aromatic rings. The lowest BCUT2D eigenvalue weighted by Gasteiger charge is -2.24. The predicted molar refractivity (Wildman–Crippen MR) is 70.0 cm³/mol. The van der Waals surface area contributed by atoms with E-state index < -0.39 is 0 Å². The van der Waals surface area contributed by atoms with E-state index in [0.29, 0.717) is 6.54 Å². The number of hydrogen-bond acceptors (Lipinski definition) is 3. The fourth-order valence-corrected chi connectivity index (χ4v) is 3.05. The molecule has 1 amide bonds. The number of fused-ring (bicyclic) bond motifs is 1. The van der Waals surface area contributed by atoms with Gasteiger partial charge in [0.15, 0.2) is 0 Å². The number of rotatable bonds is 0. The van der Waals surface area contributed by atoms with E-state index in [1.165, 1.54) is 0 Å². The first-order chi connectivity index (χ1) is 8.20. The molecule has 0 saturated heterocycles. The lowest BCUT2D eigenvalue weighted by Crippen LogP contribution is -2.37. The van der Waals surface area contributed by atoms with E-state index in [4.69, 9.17) is 0 Å². The van der Waals surface area contributed by atoms with Crippen molar-refractivity contribution in [1.82, 2.24) is 4.98 Å². The molecular formula is C12H14BrN3O. The SMILES string of the molecule is O=C1Nc2cc(Br)cnc2NCC12CCCC2. The fraction of sp³-hybridized carbons (Fsp3) is 0.500. The molecule has 2 heterocycles. The number of aromatic nitrogens is 1. The number of halogens is 1. The van der Waals surface area contributed by atoms with Crippen LogP contribution in [-0.2, 0) is 4.79 Å². The Balaban J connectivity index is 1.96. The highest BCUT2D eigenvalue weighted by molar-refractivity contribution is 9.10. The van der Waals surface area contributed by atoms with E-state index >= 15 is 0 Å². The summed E-state index contributed by atoms with van der Waals surface area (Å²) in [6.07, 6.45) is 5.97. The van der Waals surface area contributed by atoms with Crippen molar-refractivity contribution in [3.05, 3.63) is 16.7 Å². The van der Waals surface area contributed by atoms with Gasteiger partial charge in [0.05, 0.1) is 11.1 Å². The fourth-order valence-electron chi connectivity index (χ4n) is 2.72. The van der Waals surface area contributed by atoms with Gasteiger partial charge in [-0.3, -0.25) is 4.79 Å². The van der Waals surface area contributed by atoms with Gasteiger partial charge in [-0.1, -0.05) is 12.8 Å². The summed E-state index contributed by atoms with van der Waals surface area (Å²) in [5.41, 5.74) is 0.542. The summed E-state index contributed by atoms with van der Waals surface area (Å²) >= 11 is 3.37. The van der Waals surface area contributed by atoms with Crippen LogP contribution in [0.15, 0.2) is 16.7 Å². The van der Waals surface area contributed by atoms with E-state index in [0.717, 1.165) is 41.7 Å². The Bertz CT molecular complexity index is 469. The first-order valence-corrected chi connectivity index (χ1v) is 6.70. The number of nitrogens with zero attached hydrogens (tertiary/aromatic N) is 1. The maximum Gasteiger partial charge on any atom is 0.232 e. The van der Waals surface area contributed by atoms with Gasteiger partial charge >= 0.3 is 0 Å². The summed E-state index contributed by atoms with van der Waals surface area (Å²) < 4.78 is 0.876. The van der Waals surface area contributed by atoms with Crippen molar-refractivity contribution in [1.29, 1.82) is 0 Å². The zero-order chi connectivity index (χ0) is 11.9. The minimum atomic E-state index is -0.229. The molecule has 1 aromatic heterocycles. The van der Waals surface area contributed by atoms with Crippen LogP contribution in [0, 0.1) is 5.41 Å². The molecule has 1 saturated carbocycles. The molecule has 2 N–H and O–H groups in total. The average Bonchev–Trinajstić information content (AvgIpc) is 2.73. The second-order valence-corrected chi connectivity index (χ2v) is 5.76. The first-order valence-electron chi connectivity index (χ1n) is 5.91. The van der Waals surface area contributed by atoms with Gasteiger partial charge in [-0.15, -0.1) is 0 Å². The smallest absolute Gasteiger partial charge is 0.232 e. The predicted octanol–water partition coefficient (Wildman–Crippen LogP) is 2.77. The molecule has 0 radical (unpaired) electrons. The normalized spacial score (nSPS) is 21.6. The molecule has 0 bridgehead atoms. The molecular weight excluding hydrogens is 282 g/mol. The van der Waals surface area contributed by atoms with Crippen molar-refractivity contribution in [3.63, 3.8) is 0 Å². The monoisotopic (exact) mass is 295 g/mol. The molecule has 2 aliphatic rings. The van der Waals surface area contributed by atoms with Crippen LogP contribution in [0.1, 0.15) is 25.7 Å². The highest BCUT2D eigenvalue weighted by Crippen LogP contribution is 2.41. The largest absolute Gasteiger partial charge is 0.367 e. The highest BCUT2D eigenvalue weighted by atomic mass is 79.9. The third kappa shape index (κ3) is 1.82. The van der Waals surface area contributed by atoms with Gasteiger partial charge in [-0.05, 0) is 34.8 Å². The van der Waals surface area contributed by atoms with Crippen LogP contribution in [0.3, 0.4) is 0 Å². The molecule has 17 heavy (non-hydrogen) atoms.